The lowest BCUT2D eigenvalue weighted by Gasteiger charge is -2.15. The van der Waals surface area contributed by atoms with E-state index in [0.29, 0.717) is 0 Å². The average Bonchev–Trinajstić information content (AvgIpc) is 2.66. The standard InChI is InChI=1S/C23H25N3/c1-5-17-11-12-19(15-18(17)6-2)22-16-23(24-13-14-26(3)4)20-9-7-8-10-21(20)25-22/h5-12,15-16H,1-2,13-14H2,3-4H3,(H,24,25). The average molecular weight is 343 g/mol. The van der Waals surface area contributed by atoms with Crippen LogP contribution < -0.4 is 5.32 Å². The van der Waals surface area contributed by atoms with Gasteiger partial charge in [-0.05, 0) is 43.4 Å². The first-order chi connectivity index (χ1) is 12.6. The lowest BCUT2D eigenvalue weighted by Crippen LogP contribution is -2.20. The molecule has 0 aliphatic rings. The number of nitrogens with zero attached hydrogens (tertiary/aromatic N) is 2. The Labute approximate surface area is 155 Å². The van der Waals surface area contributed by atoms with Crippen LogP contribution in [0.3, 0.4) is 0 Å². The van der Waals surface area contributed by atoms with Crippen LogP contribution in [0.15, 0.2) is 61.7 Å². The zero-order chi connectivity index (χ0) is 18.5. The van der Waals surface area contributed by atoms with Crippen molar-refractivity contribution in [3.05, 3.63) is 72.8 Å². The first-order valence-electron chi connectivity index (χ1n) is 8.80. The molecule has 132 valence electrons. The van der Waals surface area contributed by atoms with E-state index in [0.717, 1.165) is 52.1 Å². The van der Waals surface area contributed by atoms with Crippen molar-refractivity contribution in [2.75, 3.05) is 32.5 Å². The van der Waals surface area contributed by atoms with Crippen molar-refractivity contribution in [1.82, 2.24) is 9.88 Å². The van der Waals surface area contributed by atoms with E-state index in [1.54, 1.807) is 0 Å². The fraction of sp³-hybridized carbons (Fsp3) is 0.174. The molecule has 26 heavy (non-hydrogen) atoms. The maximum atomic E-state index is 4.87. The Hall–Kier alpha value is -2.91. The third kappa shape index (κ3) is 3.84. The van der Waals surface area contributed by atoms with Crippen LogP contribution in [0, 0.1) is 0 Å². The molecular weight excluding hydrogens is 318 g/mol. The number of aromatic nitrogens is 1. The molecule has 0 radical (unpaired) electrons. The van der Waals surface area contributed by atoms with Crippen molar-refractivity contribution in [3.8, 4) is 11.3 Å². The Morgan fingerprint density at radius 1 is 1.00 bits per heavy atom. The molecule has 0 amide bonds. The van der Waals surface area contributed by atoms with Crippen molar-refractivity contribution in [1.29, 1.82) is 0 Å². The maximum Gasteiger partial charge on any atom is 0.0730 e. The van der Waals surface area contributed by atoms with Gasteiger partial charge in [0, 0.05) is 29.7 Å². The highest BCUT2D eigenvalue weighted by Gasteiger charge is 2.09. The van der Waals surface area contributed by atoms with Crippen molar-refractivity contribution in [3.63, 3.8) is 0 Å². The van der Waals surface area contributed by atoms with E-state index in [2.05, 4.69) is 79.9 Å². The molecular formula is C23H25N3. The predicted molar refractivity (Wildman–Crippen MR) is 114 cm³/mol. The Bertz CT molecular complexity index is 941. The van der Waals surface area contributed by atoms with Gasteiger partial charge in [-0.1, -0.05) is 55.6 Å². The third-order valence-corrected chi connectivity index (χ3v) is 4.41. The monoisotopic (exact) mass is 343 g/mol. The second kappa shape index (κ2) is 7.98. The van der Waals surface area contributed by atoms with Gasteiger partial charge in [0.1, 0.15) is 0 Å². The summed E-state index contributed by atoms with van der Waals surface area (Å²) in [5, 5.41) is 4.70. The van der Waals surface area contributed by atoms with Crippen LogP contribution >= 0.6 is 0 Å². The summed E-state index contributed by atoms with van der Waals surface area (Å²) < 4.78 is 0. The summed E-state index contributed by atoms with van der Waals surface area (Å²) in [7, 11) is 4.16. The number of pyridine rings is 1. The smallest absolute Gasteiger partial charge is 0.0730 e. The van der Waals surface area contributed by atoms with Crippen LogP contribution in [0.1, 0.15) is 11.1 Å². The topological polar surface area (TPSA) is 28.2 Å². The number of para-hydroxylation sites is 1. The molecule has 3 rings (SSSR count). The highest BCUT2D eigenvalue weighted by atomic mass is 15.1. The lowest BCUT2D eigenvalue weighted by atomic mass is 10.0. The van der Waals surface area contributed by atoms with Crippen LogP contribution in [-0.4, -0.2) is 37.1 Å². The fourth-order valence-electron chi connectivity index (χ4n) is 2.98. The highest BCUT2D eigenvalue weighted by molar-refractivity contribution is 5.94. The van der Waals surface area contributed by atoms with Crippen LogP contribution in [0.4, 0.5) is 5.69 Å². The van der Waals surface area contributed by atoms with Crippen molar-refractivity contribution >= 4 is 28.7 Å². The molecule has 0 aliphatic carbocycles. The molecule has 0 unspecified atom stereocenters. The van der Waals surface area contributed by atoms with E-state index in [9.17, 15) is 0 Å². The van der Waals surface area contributed by atoms with Crippen molar-refractivity contribution in [2.24, 2.45) is 0 Å². The summed E-state index contributed by atoms with van der Waals surface area (Å²) >= 11 is 0. The normalized spacial score (nSPS) is 10.9. The quantitative estimate of drug-likeness (QED) is 0.642. The Morgan fingerprint density at radius 2 is 1.77 bits per heavy atom. The van der Waals surface area contributed by atoms with Crippen LogP contribution in [0.25, 0.3) is 34.3 Å². The molecule has 1 aromatic heterocycles. The molecule has 0 saturated heterocycles. The van der Waals surface area contributed by atoms with Gasteiger partial charge in [0.2, 0.25) is 0 Å². The zero-order valence-electron chi connectivity index (χ0n) is 15.5. The summed E-state index contributed by atoms with van der Waals surface area (Å²) in [5.74, 6) is 0. The van der Waals surface area contributed by atoms with Crippen LogP contribution in [-0.2, 0) is 0 Å². The number of likely N-dealkylation sites (N-methyl/N-ethyl adjacent to an activating group) is 1. The minimum atomic E-state index is 0.883. The second-order valence-electron chi connectivity index (χ2n) is 6.55. The molecule has 3 nitrogen and oxygen atoms in total. The van der Waals surface area contributed by atoms with Gasteiger partial charge < -0.3 is 10.2 Å². The van der Waals surface area contributed by atoms with E-state index in [1.165, 1.54) is 0 Å². The summed E-state index contributed by atoms with van der Waals surface area (Å²) in [5.41, 5.74) is 6.27. The van der Waals surface area contributed by atoms with E-state index in [4.69, 9.17) is 4.98 Å². The van der Waals surface area contributed by atoms with Gasteiger partial charge in [0.25, 0.3) is 0 Å². The lowest BCUT2D eigenvalue weighted by molar-refractivity contribution is 0.425. The number of benzene rings is 2. The fourth-order valence-corrected chi connectivity index (χ4v) is 2.98. The van der Waals surface area contributed by atoms with E-state index >= 15 is 0 Å². The Balaban J connectivity index is 2.06. The zero-order valence-corrected chi connectivity index (χ0v) is 15.5. The predicted octanol–water partition coefficient (Wildman–Crippen LogP) is 5.16. The number of nitrogens with one attached hydrogen (secondary N) is 1. The van der Waals surface area contributed by atoms with Gasteiger partial charge >= 0.3 is 0 Å². The largest absolute Gasteiger partial charge is 0.383 e. The van der Waals surface area contributed by atoms with Crippen LogP contribution in [0.5, 0.6) is 0 Å². The summed E-state index contributed by atoms with van der Waals surface area (Å²) in [6, 6.07) is 16.6. The van der Waals surface area contributed by atoms with Gasteiger partial charge in [-0.25, -0.2) is 4.98 Å². The molecule has 0 atom stereocenters. The summed E-state index contributed by atoms with van der Waals surface area (Å²) in [4.78, 5) is 7.04. The summed E-state index contributed by atoms with van der Waals surface area (Å²) in [6.45, 7) is 9.64. The van der Waals surface area contributed by atoms with E-state index < -0.39 is 0 Å². The summed E-state index contributed by atoms with van der Waals surface area (Å²) in [6.07, 6.45) is 3.71. The number of rotatable bonds is 7. The van der Waals surface area contributed by atoms with Crippen molar-refractivity contribution < 1.29 is 0 Å². The minimum absolute atomic E-state index is 0.883. The molecule has 1 heterocycles. The molecule has 0 fully saturated rings. The molecule has 0 bridgehead atoms. The van der Waals surface area contributed by atoms with Gasteiger partial charge in [-0.3, -0.25) is 0 Å². The van der Waals surface area contributed by atoms with Gasteiger partial charge in [-0.15, -0.1) is 0 Å². The van der Waals surface area contributed by atoms with Gasteiger partial charge in [0.15, 0.2) is 0 Å². The number of hydrogen-bond acceptors (Lipinski definition) is 3. The number of anilines is 1. The molecule has 2 aromatic carbocycles. The van der Waals surface area contributed by atoms with E-state index in [-0.39, 0.29) is 0 Å². The molecule has 0 spiro atoms. The number of hydrogen-bond donors (Lipinski definition) is 1. The molecule has 1 N–H and O–H groups in total. The van der Waals surface area contributed by atoms with E-state index in [1.807, 2.05) is 18.2 Å². The number of fused-ring (bicyclic) bond motifs is 1. The van der Waals surface area contributed by atoms with Gasteiger partial charge in [-0.2, -0.15) is 0 Å². The Morgan fingerprint density at radius 3 is 2.50 bits per heavy atom. The first-order valence-corrected chi connectivity index (χ1v) is 8.80. The molecule has 0 saturated carbocycles. The van der Waals surface area contributed by atoms with Gasteiger partial charge in [0.05, 0.1) is 11.2 Å². The third-order valence-electron chi connectivity index (χ3n) is 4.41. The molecule has 3 aromatic rings. The Kier molecular flexibility index (Phi) is 5.49. The van der Waals surface area contributed by atoms with Crippen LogP contribution in [0.2, 0.25) is 0 Å². The maximum absolute atomic E-state index is 4.87. The minimum Gasteiger partial charge on any atom is -0.383 e. The van der Waals surface area contributed by atoms with Crippen molar-refractivity contribution in [2.45, 2.75) is 0 Å². The first kappa shape index (κ1) is 17.9. The molecule has 0 aliphatic heterocycles. The SMILES string of the molecule is C=Cc1ccc(-c2cc(NCCN(C)C)c3ccccc3n2)cc1C=C. The second-order valence-corrected chi connectivity index (χ2v) is 6.55. The highest BCUT2D eigenvalue weighted by Crippen LogP contribution is 2.29. The molecule has 3 heteroatoms.